The molecular formula is C7H12BrNO2. The predicted molar refractivity (Wildman–Crippen MR) is 45.3 cm³/mol. The van der Waals surface area contributed by atoms with E-state index in [0.717, 1.165) is 19.4 Å². The van der Waals surface area contributed by atoms with Crippen molar-refractivity contribution in [1.82, 2.24) is 5.06 Å². The highest BCUT2D eigenvalue weighted by Gasteiger charge is 2.16. The van der Waals surface area contributed by atoms with Gasteiger partial charge in [0, 0.05) is 18.3 Å². The highest BCUT2D eigenvalue weighted by atomic mass is 79.9. The number of amides is 1. The van der Waals surface area contributed by atoms with E-state index >= 15 is 0 Å². The molecule has 0 N–H and O–H groups in total. The number of carbonyl (C=O) groups is 1. The maximum absolute atomic E-state index is 11.2. The maximum Gasteiger partial charge on any atom is 0.246 e. The van der Waals surface area contributed by atoms with Crippen LogP contribution < -0.4 is 0 Å². The molecule has 1 saturated heterocycles. The first-order valence-corrected chi connectivity index (χ1v) is 4.96. The zero-order chi connectivity index (χ0) is 8.10. The van der Waals surface area contributed by atoms with Crippen LogP contribution in [0.4, 0.5) is 0 Å². The summed E-state index contributed by atoms with van der Waals surface area (Å²) in [5.74, 6) is 0.0848. The molecule has 0 atom stereocenters. The van der Waals surface area contributed by atoms with E-state index in [2.05, 4.69) is 15.9 Å². The summed E-state index contributed by atoms with van der Waals surface area (Å²) in [4.78, 5) is 16.3. The van der Waals surface area contributed by atoms with Gasteiger partial charge in [0.1, 0.15) is 0 Å². The SMILES string of the molecule is O=C(CCBr)N1CCCCO1. The van der Waals surface area contributed by atoms with Crippen LogP contribution in [0.1, 0.15) is 19.3 Å². The van der Waals surface area contributed by atoms with Gasteiger partial charge < -0.3 is 0 Å². The van der Waals surface area contributed by atoms with Crippen molar-refractivity contribution in [2.45, 2.75) is 19.3 Å². The fourth-order valence-corrected chi connectivity index (χ4v) is 1.34. The number of hydrogen-bond acceptors (Lipinski definition) is 2. The van der Waals surface area contributed by atoms with E-state index in [-0.39, 0.29) is 5.91 Å². The van der Waals surface area contributed by atoms with Gasteiger partial charge in [-0.1, -0.05) is 15.9 Å². The number of alkyl halides is 1. The molecule has 0 saturated carbocycles. The van der Waals surface area contributed by atoms with Crippen molar-refractivity contribution >= 4 is 21.8 Å². The standard InChI is InChI=1S/C7H12BrNO2/c8-4-3-7(10)9-5-1-2-6-11-9/h1-6H2. The normalized spacial score (nSPS) is 18.5. The highest BCUT2D eigenvalue weighted by Crippen LogP contribution is 2.07. The second-order valence-electron chi connectivity index (χ2n) is 2.48. The van der Waals surface area contributed by atoms with Gasteiger partial charge in [0.15, 0.2) is 0 Å². The monoisotopic (exact) mass is 221 g/mol. The molecule has 0 aromatic carbocycles. The lowest BCUT2D eigenvalue weighted by Gasteiger charge is -2.25. The van der Waals surface area contributed by atoms with Crippen molar-refractivity contribution in [3.8, 4) is 0 Å². The fourth-order valence-electron chi connectivity index (χ4n) is 0.999. The van der Waals surface area contributed by atoms with Crippen molar-refractivity contribution in [3.05, 3.63) is 0 Å². The Morgan fingerprint density at radius 3 is 2.91 bits per heavy atom. The highest BCUT2D eigenvalue weighted by molar-refractivity contribution is 9.09. The molecule has 0 aliphatic carbocycles. The van der Waals surface area contributed by atoms with Crippen LogP contribution in [0.15, 0.2) is 0 Å². The molecule has 0 bridgehead atoms. The molecule has 1 fully saturated rings. The number of rotatable bonds is 2. The average Bonchev–Trinajstić information content (AvgIpc) is 2.07. The summed E-state index contributed by atoms with van der Waals surface area (Å²) >= 11 is 3.21. The molecule has 0 aromatic heterocycles. The zero-order valence-corrected chi connectivity index (χ0v) is 7.97. The lowest BCUT2D eigenvalue weighted by molar-refractivity contribution is -0.196. The van der Waals surface area contributed by atoms with Crippen LogP contribution in [-0.2, 0) is 9.63 Å². The summed E-state index contributed by atoms with van der Waals surface area (Å²) in [5, 5.41) is 2.19. The summed E-state index contributed by atoms with van der Waals surface area (Å²) in [6.45, 7) is 1.44. The summed E-state index contributed by atoms with van der Waals surface area (Å²) < 4.78 is 0. The Morgan fingerprint density at radius 1 is 1.55 bits per heavy atom. The van der Waals surface area contributed by atoms with Crippen molar-refractivity contribution in [1.29, 1.82) is 0 Å². The quantitative estimate of drug-likeness (QED) is 0.659. The average molecular weight is 222 g/mol. The van der Waals surface area contributed by atoms with E-state index in [1.165, 1.54) is 5.06 Å². The van der Waals surface area contributed by atoms with Crippen LogP contribution in [0.5, 0.6) is 0 Å². The van der Waals surface area contributed by atoms with Crippen LogP contribution in [0.25, 0.3) is 0 Å². The first kappa shape index (κ1) is 9.00. The van der Waals surface area contributed by atoms with E-state index in [1.54, 1.807) is 0 Å². The molecule has 64 valence electrons. The minimum absolute atomic E-state index is 0.0848. The van der Waals surface area contributed by atoms with Gasteiger partial charge in [-0.15, -0.1) is 0 Å². The van der Waals surface area contributed by atoms with Crippen molar-refractivity contribution < 1.29 is 9.63 Å². The first-order chi connectivity index (χ1) is 5.34. The van der Waals surface area contributed by atoms with Crippen molar-refractivity contribution in [2.75, 3.05) is 18.5 Å². The molecule has 1 aliphatic heterocycles. The molecule has 4 heteroatoms. The van der Waals surface area contributed by atoms with E-state index in [1.807, 2.05) is 0 Å². The summed E-state index contributed by atoms with van der Waals surface area (Å²) in [7, 11) is 0. The number of carbonyl (C=O) groups excluding carboxylic acids is 1. The van der Waals surface area contributed by atoms with E-state index in [0.29, 0.717) is 18.4 Å². The molecule has 1 heterocycles. The summed E-state index contributed by atoms with van der Waals surface area (Å²) in [6.07, 6.45) is 2.66. The molecule has 1 aliphatic rings. The Bertz CT molecular complexity index is 134. The van der Waals surface area contributed by atoms with Crippen LogP contribution in [0.3, 0.4) is 0 Å². The van der Waals surface area contributed by atoms with Gasteiger partial charge in [-0.3, -0.25) is 9.63 Å². The predicted octanol–water partition coefficient (Wildman–Crippen LogP) is 1.33. The number of hydrogen-bond donors (Lipinski definition) is 0. The van der Waals surface area contributed by atoms with Crippen LogP contribution in [-0.4, -0.2) is 29.5 Å². The minimum atomic E-state index is 0.0848. The van der Waals surface area contributed by atoms with Gasteiger partial charge in [0.2, 0.25) is 5.91 Å². The second-order valence-corrected chi connectivity index (χ2v) is 3.27. The van der Waals surface area contributed by atoms with Crippen molar-refractivity contribution in [2.24, 2.45) is 0 Å². The van der Waals surface area contributed by atoms with Gasteiger partial charge in [-0.05, 0) is 12.8 Å². The maximum atomic E-state index is 11.2. The molecule has 1 rings (SSSR count). The van der Waals surface area contributed by atoms with Gasteiger partial charge in [0.05, 0.1) is 6.61 Å². The zero-order valence-electron chi connectivity index (χ0n) is 6.38. The van der Waals surface area contributed by atoms with E-state index < -0.39 is 0 Å². The Balaban J connectivity index is 2.27. The summed E-state index contributed by atoms with van der Waals surface area (Å²) in [5.41, 5.74) is 0. The topological polar surface area (TPSA) is 29.5 Å². The molecule has 0 spiro atoms. The molecule has 0 aromatic rings. The smallest absolute Gasteiger partial charge is 0.246 e. The van der Waals surface area contributed by atoms with Crippen LogP contribution in [0.2, 0.25) is 0 Å². The number of halogens is 1. The third kappa shape index (κ3) is 2.79. The Hall–Kier alpha value is -0.0900. The van der Waals surface area contributed by atoms with Gasteiger partial charge in [-0.25, -0.2) is 5.06 Å². The van der Waals surface area contributed by atoms with E-state index in [9.17, 15) is 4.79 Å². The van der Waals surface area contributed by atoms with Crippen LogP contribution >= 0.6 is 15.9 Å². The third-order valence-corrected chi connectivity index (χ3v) is 1.99. The first-order valence-electron chi connectivity index (χ1n) is 3.84. The Labute approximate surface area is 74.8 Å². The van der Waals surface area contributed by atoms with Gasteiger partial charge >= 0.3 is 0 Å². The third-order valence-electron chi connectivity index (χ3n) is 1.59. The summed E-state index contributed by atoms with van der Waals surface area (Å²) in [6, 6.07) is 0. The lowest BCUT2D eigenvalue weighted by Crippen LogP contribution is -2.35. The number of hydroxylamine groups is 2. The van der Waals surface area contributed by atoms with Gasteiger partial charge in [-0.2, -0.15) is 0 Å². The van der Waals surface area contributed by atoms with Crippen molar-refractivity contribution in [3.63, 3.8) is 0 Å². The fraction of sp³-hybridized carbons (Fsp3) is 0.857. The minimum Gasteiger partial charge on any atom is -0.273 e. The Kier molecular flexibility index (Phi) is 3.86. The molecule has 3 nitrogen and oxygen atoms in total. The largest absolute Gasteiger partial charge is 0.273 e. The molecule has 11 heavy (non-hydrogen) atoms. The molecular weight excluding hydrogens is 210 g/mol. The van der Waals surface area contributed by atoms with Crippen LogP contribution in [0, 0.1) is 0 Å². The Morgan fingerprint density at radius 2 is 2.36 bits per heavy atom. The second kappa shape index (κ2) is 4.72. The molecule has 1 amide bonds. The molecule has 0 unspecified atom stereocenters. The van der Waals surface area contributed by atoms with E-state index in [4.69, 9.17) is 4.84 Å². The van der Waals surface area contributed by atoms with Gasteiger partial charge in [0.25, 0.3) is 0 Å². The molecule has 0 radical (unpaired) electrons. The lowest BCUT2D eigenvalue weighted by atomic mass is 10.3. The number of nitrogens with zero attached hydrogens (tertiary/aromatic N) is 1.